The highest BCUT2D eigenvalue weighted by Gasteiger charge is 2.17. The van der Waals surface area contributed by atoms with Crippen LogP contribution in [0.15, 0.2) is 65.5 Å². The SMILES string of the molecule is Cc1cc(=O)c(C(=O)OCc2cccc(F)c2)nn1-c1ccccc1. The maximum atomic E-state index is 13.2. The van der Waals surface area contributed by atoms with E-state index in [0.29, 0.717) is 11.3 Å². The zero-order valence-corrected chi connectivity index (χ0v) is 13.5. The Hall–Kier alpha value is -3.28. The smallest absolute Gasteiger partial charge is 0.363 e. The first kappa shape index (κ1) is 16.6. The highest BCUT2D eigenvalue weighted by Crippen LogP contribution is 2.09. The second kappa shape index (κ2) is 7.09. The van der Waals surface area contributed by atoms with Crippen LogP contribution in [0.4, 0.5) is 4.39 Å². The second-order valence-electron chi connectivity index (χ2n) is 5.45. The van der Waals surface area contributed by atoms with Crippen molar-refractivity contribution in [1.82, 2.24) is 9.78 Å². The average molecular weight is 338 g/mol. The Labute approximate surface area is 143 Å². The molecule has 0 N–H and O–H groups in total. The van der Waals surface area contributed by atoms with Gasteiger partial charge in [0.05, 0.1) is 5.69 Å². The predicted molar refractivity (Wildman–Crippen MR) is 90.1 cm³/mol. The molecule has 0 saturated carbocycles. The molecule has 0 saturated heterocycles. The van der Waals surface area contributed by atoms with Gasteiger partial charge in [-0.2, -0.15) is 5.10 Å². The summed E-state index contributed by atoms with van der Waals surface area (Å²) in [5, 5.41) is 4.13. The first-order valence-corrected chi connectivity index (χ1v) is 7.62. The summed E-state index contributed by atoms with van der Waals surface area (Å²) in [6.45, 7) is 1.58. The third kappa shape index (κ3) is 3.80. The minimum absolute atomic E-state index is 0.142. The molecular formula is C19H15FN2O3. The van der Waals surface area contributed by atoms with Crippen molar-refractivity contribution in [3.8, 4) is 5.69 Å². The Bertz CT molecular complexity index is 968. The van der Waals surface area contributed by atoms with Gasteiger partial charge >= 0.3 is 5.97 Å². The van der Waals surface area contributed by atoms with E-state index in [-0.39, 0.29) is 12.3 Å². The fraction of sp³-hybridized carbons (Fsp3) is 0.105. The molecule has 3 rings (SSSR count). The molecule has 0 atom stereocenters. The van der Waals surface area contributed by atoms with Crippen molar-refractivity contribution in [3.63, 3.8) is 0 Å². The van der Waals surface area contributed by atoms with Crippen LogP contribution in [-0.2, 0) is 11.3 Å². The molecule has 25 heavy (non-hydrogen) atoms. The Balaban J connectivity index is 1.86. The van der Waals surface area contributed by atoms with E-state index in [4.69, 9.17) is 4.74 Å². The van der Waals surface area contributed by atoms with Crippen molar-refractivity contribution in [2.75, 3.05) is 0 Å². The van der Waals surface area contributed by atoms with Crippen molar-refractivity contribution in [1.29, 1.82) is 0 Å². The van der Waals surface area contributed by atoms with Gasteiger partial charge in [0.25, 0.3) is 0 Å². The van der Waals surface area contributed by atoms with Gasteiger partial charge < -0.3 is 4.74 Å². The topological polar surface area (TPSA) is 61.2 Å². The van der Waals surface area contributed by atoms with Crippen molar-refractivity contribution in [3.05, 3.63) is 93.7 Å². The van der Waals surface area contributed by atoms with Gasteiger partial charge in [0.15, 0.2) is 0 Å². The van der Waals surface area contributed by atoms with Crippen LogP contribution in [0.1, 0.15) is 21.7 Å². The number of carbonyl (C=O) groups excluding carboxylic acids is 1. The Morgan fingerprint density at radius 1 is 1.12 bits per heavy atom. The first-order chi connectivity index (χ1) is 12.0. The van der Waals surface area contributed by atoms with E-state index >= 15 is 0 Å². The van der Waals surface area contributed by atoms with Gasteiger partial charge in [-0.05, 0) is 36.8 Å². The number of nitrogens with zero attached hydrogens (tertiary/aromatic N) is 2. The van der Waals surface area contributed by atoms with Gasteiger partial charge in [-0.3, -0.25) is 4.79 Å². The highest BCUT2D eigenvalue weighted by molar-refractivity contribution is 5.86. The van der Waals surface area contributed by atoms with E-state index < -0.39 is 17.2 Å². The molecule has 0 aliphatic heterocycles. The van der Waals surface area contributed by atoms with Gasteiger partial charge in [-0.15, -0.1) is 0 Å². The predicted octanol–water partition coefficient (Wildman–Crippen LogP) is 3.04. The summed E-state index contributed by atoms with van der Waals surface area (Å²) in [7, 11) is 0. The van der Waals surface area contributed by atoms with E-state index in [0.717, 1.165) is 5.69 Å². The van der Waals surface area contributed by atoms with Crippen LogP contribution in [0.25, 0.3) is 5.69 Å². The van der Waals surface area contributed by atoms with Crippen LogP contribution in [0, 0.1) is 12.7 Å². The quantitative estimate of drug-likeness (QED) is 0.686. The summed E-state index contributed by atoms with van der Waals surface area (Å²) in [6.07, 6.45) is 0. The molecule has 3 aromatic rings. The van der Waals surface area contributed by atoms with Crippen LogP contribution in [0.2, 0.25) is 0 Å². The molecule has 0 amide bonds. The number of ether oxygens (including phenoxy) is 1. The standard InChI is InChI=1S/C19H15FN2O3/c1-13-10-17(23)18(21-22(13)16-8-3-2-4-9-16)19(24)25-12-14-6-5-7-15(20)11-14/h2-11H,12H2,1H3. The maximum Gasteiger partial charge on any atom is 0.363 e. The molecule has 0 radical (unpaired) electrons. The van der Waals surface area contributed by atoms with Crippen LogP contribution in [0.5, 0.6) is 0 Å². The lowest BCUT2D eigenvalue weighted by molar-refractivity contribution is 0.0461. The molecule has 126 valence electrons. The minimum atomic E-state index is -0.848. The monoisotopic (exact) mass is 338 g/mol. The second-order valence-corrected chi connectivity index (χ2v) is 5.45. The Morgan fingerprint density at radius 3 is 2.60 bits per heavy atom. The zero-order valence-electron chi connectivity index (χ0n) is 13.5. The van der Waals surface area contributed by atoms with E-state index in [9.17, 15) is 14.0 Å². The Kier molecular flexibility index (Phi) is 4.70. The number of benzene rings is 2. The summed E-state index contributed by atoms with van der Waals surface area (Å²) < 4.78 is 19.8. The van der Waals surface area contributed by atoms with Crippen molar-refractivity contribution < 1.29 is 13.9 Å². The van der Waals surface area contributed by atoms with Crippen molar-refractivity contribution in [2.24, 2.45) is 0 Å². The molecule has 6 heteroatoms. The molecule has 1 aromatic heterocycles. The van der Waals surface area contributed by atoms with E-state index in [2.05, 4.69) is 5.10 Å². The van der Waals surface area contributed by atoms with E-state index in [1.54, 1.807) is 13.0 Å². The van der Waals surface area contributed by atoms with Crippen LogP contribution in [0.3, 0.4) is 0 Å². The Morgan fingerprint density at radius 2 is 1.88 bits per heavy atom. The fourth-order valence-electron chi connectivity index (χ4n) is 2.36. The number of hydrogen-bond donors (Lipinski definition) is 0. The number of hydrogen-bond acceptors (Lipinski definition) is 4. The third-order valence-electron chi connectivity index (χ3n) is 3.56. The lowest BCUT2D eigenvalue weighted by atomic mass is 10.2. The normalized spacial score (nSPS) is 10.5. The minimum Gasteiger partial charge on any atom is -0.456 e. The molecule has 0 bridgehead atoms. The number of carbonyl (C=O) groups is 1. The summed E-state index contributed by atoms with van der Waals surface area (Å²) in [4.78, 5) is 24.3. The van der Waals surface area contributed by atoms with Gasteiger partial charge in [-0.25, -0.2) is 13.9 Å². The average Bonchev–Trinajstić information content (AvgIpc) is 2.60. The fourth-order valence-corrected chi connectivity index (χ4v) is 2.36. The molecule has 0 unspecified atom stereocenters. The largest absolute Gasteiger partial charge is 0.456 e. The maximum absolute atomic E-state index is 13.2. The van der Waals surface area contributed by atoms with Crippen LogP contribution >= 0.6 is 0 Å². The number of esters is 1. The van der Waals surface area contributed by atoms with Crippen molar-refractivity contribution >= 4 is 5.97 Å². The lowest BCUT2D eigenvalue weighted by Gasteiger charge is -2.11. The summed E-state index contributed by atoms with van der Waals surface area (Å²) in [5.41, 5.74) is 0.973. The number of para-hydroxylation sites is 1. The molecule has 2 aromatic carbocycles. The molecule has 1 heterocycles. The van der Waals surface area contributed by atoms with Gasteiger partial charge in [0.2, 0.25) is 11.1 Å². The number of rotatable bonds is 4. The van der Waals surface area contributed by atoms with Gasteiger partial charge in [0.1, 0.15) is 12.4 Å². The lowest BCUT2D eigenvalue weighted by Crippen LogP contribution is -2.24. The van der Waals surface area contributed by atoms with Gasteiger partial charge in [-0.1, -0.05) is 30.3 Å². The molecule has 0 aliphatic carbocycles. The van der Waals surface area contributed by atoms with Crippen LogP contribution < -0.4 is 5.43 Å². The summed E-state index contributed by atoms with van der Waals surface area (Å²) in [5.74, 6) is -1.27. The van der Waals surface area contributed by atoms with Crippen LogP contribution in [-0.4, -0.2) is 15.7 Å². The highest BCUT2D eigenvalue weighted by atomic mass is 19.1. The summed E-state index contributed by atoms with van der Waals surface area (Å²) >= 11 is 0. The molecule has 0 spiro atoms. The van der Waals surface area contributed by atoms with E-state index in [1.165, 1.54) is 28.9 Å². The molecule has 0 aliphatic rings. The van der Waals surface area contributed by atoms with Crippen molar-refractivity contribution in [2.45, 2.75) is 13.5 Å². The number of halogens is 1. The van der Waals surface area contributed by atoms with E-state index in [1.807, 2.05) is 30.3 Å². The molecule has 0 fully saturated rings. The van der Waals surface area contributed by atoms with Gasteiger partial charge in [0, 0.05) is 11.8 Å². The number of aromatic nitrogens is 2. The first-order valence-electron chi connectivity index (χ1n) is 7.62. The molecular weight excluding hydrogens is 323 g/mol. The summed E-state index contributed by atoms with van der Waals surface area (Å²) in [6, 6.07) is 16.2. The number of aryl methyl sites for hydroxylation is 1. The molecule has 5 nitrogen and oxygen atoms in total. The third-order valence-corrected chi connectivity index (χ3v) is 3.56. The zero-order chi connectivity index (χ0) is 17.8.